The van der Waals surface area contributed by atoms with Gasteiger partial charge in [0.05, 0.1) is 22.7 Å². The number of aliphatic hydroxyl groups excluding tert-OH is 1. The number of benzene rings is 3. The van der Waals surface area contributed by atoms with Crippen molar-refractivity contribution >= 4 is 10.0 Å². The van der Waals surface area contributed by atoms with Crippen molar-refractivity contribution in [2.75, 3.05) is 13.1 Å². The molecular formula is C29H34FNO4S. The number of hydrogen-bond donors (Lipinski definition) is 1. The smallest absolute Gasteiger partial charge is 0.243 e. The Labute approximate surface area is 213 Å². The number of piperidine rings is 1. The molecule has 3 aromatic carbocycles. The highest BCUT2D eigenvalue weighted by Crippen LogP contribution is 2.45. The number of ether oxygens (including phenoxy) is 1. The molecule has 0 bridgehead atoms. The Morgan fingerprint density at radius 2 is 1.56 bits per heavy atom. The van der Waals surface area contributed by atoms with Crippen LogP contribution < -0.4 is 0 Å². The Balaban J connectivity index is 1.81. The average molecular weight is 512 g/mol. The first-order chi connectivity index (χ1) is 17.0. The SMILES string of the molecule is Cc1ccc(S(=O)(=O)N2CC([C@H](OC(C)(C)C)c3ccccc3)[C@H](c3ccc(F)cc3)[C@@H](O)C2)cc1. The van der Waals surface area contributed by atoms with E-state index < -0.39 is 39.7 Å². The van der Waals surface area contributed by atoms with E-state index in [-0.39, 0.29) is 23.8 Å². The summed E-state index contributed by atoms with van der Waals surface area (Å²) < 4.78 is 49.0. The molecule has 1 heterocycles. The van der Waals surface area contributed by atoms with Gasteiger partial charge in [-0.15, -0.1) is 0 Å². The van der Waals surface area contributed by atoms with Crippen LogP contribution in [0.2, 0.25) is 0 Å². The molecule has 1 aliphatic heterocycles. The first-order valence-electron chi connectivity index (χ1n) is 12.2. The average Bonchev–Trinajstić information content (AvgIpc) is 2.83. The fraction of sp³-hybridized carbons (Fsp3) is 0.379. The molecule has 7 heteroatoms. The summed E-state index contributed by atoms with van der Waals surface area (Å²) in [6.45, 7) is 7.84. The van der Waals surface area contributed by atoms with Gasteiger partial charge in [0.25, 0.3) is 0 Å². The minimum absolute atomic E-state index is 0.0637. The van der Waals surface area contributed by atoms with Crippen molar-refractivity contribution in [2.24, 2.45) is 5.92 Å². The lowest BCUT2D eigenvalue weighted by molar-refractivity contribution is -0.112. The monoisotopic (exact) mass is 511 g/mol. The van der Waals surface area contributed by atoms with Crippen LogP contribution in [0.3, 0.4) is 0 Å². The van der Waals surface area contributed by atoms with Gasteiger partial charge >= 0.3 is 0 Å². The van der Waals surface area contributed by atoms with Crippen molar-refractivity contribution in [3.63, 3.8) is 0 Å². The van der Waals surface area contributed by atoms with Crippen LogP contribution in [-0.2, 0) is 14.8 Å². The Kier molecular flexibility index (Phi) is 7.67. The number of rotatable bonds is 6. The second-order valence-corrected chi connectivity index (χ2v) is 12.4. The summed E-state index contributed by atoms with van der Waals surface area (Å²) in [6, 6.07) is 22.5. The van der Waals surface area contributed by atoms with Crippen LogP contribution in [0.15, 0.2) is 83.8 Å². The van der Waals surface area contributed by atoms with E-state index in [1.54, 1.807) is 36.4 Å². The maximum Gasteiger partial charge on any atom is 0.243 e. The second-order valence-electron chi connectivity index (χ2n) is 10.5. The molecule has 4 atom stereocenters. The first kappa shape index (κ1) is 26.5. The predicted octanol–water partition coefficient (Wildman–Crippen LogP) is 5.46. The van der Waals surface area contributed by atoms with Gasteiger partial charge in [0.15, 0.2) is 0 Å². The summed E-state index contributed by atoms with van der Waals surface area (Å²) >= 11 is 0. The van der Waals surface area contributed by atoms with E-state index in [1.807, 2.05) is 58.0 Å². The van der Waals surface area contributed by atoms with E-state index in [0.717, 1.165) is 16.7 Å². The minimum Gasteiger partial charge on any atom is -0.391 e. The van der Waals surface area contributed by atoms with Gasteiger partial charge in [0.1, 0.15) is 5.82 Å². The van der Waals surface area contributed by atoms with Gasteiger partial charge in [-0.25, -0.2) is 12.8 Å². The number of sulfonamides is 1. The highest BCUT2D eigenvalue weighted by molar-refractivity contribution is 7.89. The zero-order valence-corrected chi connectivity index (χ0v) is 22.0. The summed E-state index contributed by atoms with van der Waals surface area (Å²) in [5.41, 5.74) is 2.08. The zero-order chi connectivity index (χ0) is 26.1. The van der Waals surface area contributed by atoms with E-state index in [4.69, 9.17) is 4.74 Å². The molecule has 36 heavy (non-hydrogen) atoms. The molecule has 0 spiro atoms. The standard InChI is InChI=1S/C29H34FNO4S/c1-20-10-16-24(17-11-20)36(33,34)31-18-25(27(26(32)19-31)21-12-14-23(30)15-13-21)28(35-29(2,3)4)22-8-6-5-7-9-22/h5-17,25-28,32H,18-19H2,1-4H3/t25?,26-,27-,28+/m0/s1. The van der Waals surface area contributed by atoms with Crippen LogP contribution in [0.25, 0.3) is 0 Å². The molecule has 0 aromatic heterocycles. The minimum atomic E-state index is -3.86. The van der Waals surface area contributed by atoms with E-state index in [0.29, 0.717) is 0 Å². The third-order valence-electron chi connectivity index (χ3n) is 6.59. The highest BCUT2D eigenvalue weighted by Gasteiger charge is 2.46. The molecule has 0 amide bonds. The number of nitrogens with zero attached hydrogens (tertiary/aromatic N) is 1. The quantitative estimate of drug-likeness (QED) is 0.478. The van der Waals surface area contributed by atoms with Gasteiger partial charge in [0.2, 0.25) is 10.0 Å². The topological polar surface area (TPSA) is 66.8 Å². The summed E-state index contributed by atoms with van der Waals surface area (Å²) in [5, 5.41) is 11.4. The number of aryl methyl sites for hydroxylation is 1. The van der Waals surface area contributed by atoms with Gasteiger partial charge in [0, 0.05) is 24.9 Å². The van der Waals surface area contributed by atoms with Crippen LogP contribution in [0.1, 0.15) is 49.5 Å². The van der Waals surface area contributed by atoms with Crippen molar-refractivity contribution in [2.45, 2.75) is 56.3 Å². The van der Waals surface area contributed by atoms with Crippen molar-refractivity contribution in [1.29, 1.82) is 0 Å². The molecule has 0 radical (unpaired) electrons. The third kappa shape index (κ3) is 5.86. The lowest BCUT2D eigenvalue weighted by Crippen LogP contribution is -2.52. The molecular weight excluding hydrogens is 477 g/mol. The van der Waals surface area contributed by atoms with E-state index >= 15 is 0 Å². The second kappa shape index (κ2) is 10.4. The molecule has 192 valence electrons. The predicted molar refractivity (Wildman–Crippen MR) is 139 cm³/mol. The van der Waals surface area contributed by atoms with Crippen molar-refractivity contribution in [3.8, 4) is 0 Å². The summed E-state index contributed by atoms with van der Waals surface area (Å²) in [7, 11) is -3.86. The van der Waals surface area contributed by atoms with Gasteiger partial charge < -0.3 is 9.84 Å². The molecule has 0 aliphatic carbocycles. The molecule has 1 unspecified atom stereocenters. The fourth-order valence-corrected chi connectivity index (χ4v) is 6.45. The normalized spacial score (nSPS) is 22.3. The Hall–Kier alpha value is -2.58. The van der Waals surface area contributed by atoms with E-state index in [9.17, 15) is 17.9 Å². The highest BCUT2D eigenvalue weighted by atomic mass is 32.2. The number of β-amino-alcohol motifs (C(OH)–C–C–N with tert-alkyl or cyclic N) is 1. The third-order valence-corrected chi connectivity index (χ3v) is 8.44. The Bertz CT molecular complexity index is 1260. The van der Waals surface area contributed by atoms with Crippen molar-refractivity contribution < 1.29 is 22.7 Å². The summed E-state index contributed by atoms with van der Waals surface area (Å²) in [4.78, 5) is 0.187. The maximum absolute atomic E-state index is 13.8. The first-order valence-corrected chi connectivity index (χ1v) is 13.6. The summed E-state index contributed by atoms with van der Waals surface area (Å²) in [6.07, 6.45) is -1.52. The van der Waals surface area contributed by atoms with Crippen molar-refractivity contribution in [3.05, 3.63) is 101 Å². The molecule has 4 rings (SSSR count). The molecule has 0 saturated carbocycles. The molecule has 1 aliphatic rings. The largest absolute Gasteiger partial charge is 0.391 e. The van der Waals surface area contributed by atoms with Crippen LogP contribution in [0, 0.1) is 18.7 Å². The lowest BCUT2D eigenvalue weighted by Gasteiger charge is -2.46. The summed E-state index contributed by atoms with van der Waals surface area (Å²) in [5.74, 6) is -1.25. The lowest BCUT2D eigenvalue weighted by atomic mass is 9.74. The van der Waals surface area contributed by atoms with E-state index in [1.165, 1.54) is 16.4 Å². The number of aliphatic hydroxyl groups is 1. The van der Waals surface area contributed by atoms with Crippen LogP contribution >= 0.6 is 0 Å². The molecule has 5 nitrogen and oxygen atoms in total. The molecule has 1 fully saturated rings. The molecule has 3 aromatic rings. The Morgan fingerprint density at radius 3 is 2.14 bits per heavy atom. The van der Waals surface area contributed by atoms with Gasteiger partial charge in [-0.05, 0) is 63.1 Å². The van der Waals surface area contributed by atoms with Crippen LogP contribution in [0.5, 0.6) is 0 Å². The van der Waals surface area contributed by atoms with Crippen LogP contribution in [0.4, 0.5) is 4.39 Å². The maximum atomic E-state index is 13.8. The molecule has 1 N–H and O–H groups in total. The van der Waals surface area contributed by atoms with Gasteiger partial charge in [-0.2, -0.15) is 4.31 Å². The van der Waals surface area contributed by atoms with Gasteiger partial charge in [-0.3, -0.25) is 0 Å². The number of halogens is 1. The van der Waals surface area contributed by atoms with Crippen molar-refractivity contribution in [1.82, 2.24) is 4.31 Å². The van der Waals surface area contributed by atoms with E-state index in [2.05, 4.69) is 0 Å². The number of hydrogen-bond acceptors (Lipinski definition) is 4. The van der Waals surface area contributed by atoms with Gasteiger partial charge in [-0.1, -0.05) is 60.2 Å². The van der Waals surface area contributed by atoms with Crippen LogP contribution in [-0.4, -0.2) is 42.6 Å². The Morgan fingerprint density at radius 1 is 0.944 bits per heavy atom. The molecule has 1 saturated heterocycles. The fourth-order valence-electron chi connectivity index (χ4n) is 4.95. The zero-order valence-electron chi connectivity index (χ0n) is 21.1.